The van der Waals surface area contributed by atoms with Crippen LogP contribution in [0.2, 0.25) is 0 Å². The molecule has 0 saturated heterocycles. The molecule has 0 spiro atoms. The van der Waals surface area contributed by atoms with Crippen molar-refractivity contribution in [3.05, 3.63) is 68.4 Å². The Hall–Kier alpha value is -1.19. The highest BCUT2D eigenvalue weighted by Gasteiger charge is 2.13. The van der Waals surface area contributed by atoms with E-state index in [-0.39, 0.29) is 11.9 Å². The third kappa shape index (κ3) is 2.88. The molecule has 19 heavy (non-hydrogen) atoms. The number of halogens is 2. The van der Waals surface area contributed by atoms with Crippen LogP contribution < -0.4 is 5.73 Å². The molecule has 0 aromatic heterocycles. The molecule has 100 valence electrons. The third-order valence-corrected chi connectivity index (χ3v) is 4.23. The zero-order valence-electron chi connectivity index (χ0n) is 11.3. The minimum Gasteiger partial charge on any atom is -0.320 e. The molecule has 2 aromatic rings. The van der Waals surface area contributed by atoms with E-state index in [1.54, 1.807) is 13.8 Å². The first-order valence-electron chi connectivity index (χ1n) is 6.18. The van der Waals surface area contributed by atoms with Gasteiger partial charge in [-0.1, -0.05) is 40.2 Å². The van der Waals surface area contributed by atoms with Crippen molar-refractivity contribution < 1.29 is 4.39 Å². The molecule has 0 aliphatic rings. The molecule has 2 N–H and O–H groups in total. The lowest BCUT2D eigenvalue weighted by Gasteiger charge is -2.16. The van der Waals surface area contributed by atoms with Gasteiger partial charge in [-0.05, 0) is 54.7 Å². The molecule has 0 saturated carbocycles. The summed E-state index contributed by atoms with van der Waals surface area (Å²) in [6.07, 6.45) is 0. The summed E-state index contributed by atoms with van der Waals surface area (Å²) in [7, 11) is 0. The minimum atomic E-state index is -0.241. The summed E-state index contributed by atoms with van der Waals surface area (Å²) in [6, 6.07) is 9.46. The molecule has 0 heterocycles. The molecule has 0 aliphatic carbocycles. The van der Waals surface area contributed by atoms with Crippen LogP contribution in [0, 0.1) is 26.6 Å². The zero-order valence-corrected chi connectivity index (χ0v) is 12.9. The first kappa shape index (κ1) is 14.2. The van der Waals surface area contributed by atoms with Gasteiger partial charge in [-0.25, -0.2) is 4.39 Å². The van der Waals surface area contributed by atoms with Crippen molar-refractivity contribution in [2.45, 2.75) is 26.8 Å². The van der Waals surface area contributed by atoms with E-state index in [0.717, 1.165) is 15.6 Å². The van der Waals surface area contributed by atoms with Gasteiger partial charge in [0.05, 0.1) is 6.04 Å². The lowest BCUT2D eigenvalue weighted by molar-refractivity contribution is 0.607. The number of aryl methyl sites for hydroxylation is 3. The van der Waals surface area contributed by atoms with Gasteiger partial charge in [0.2, 0.25) is 0 Å². The average molecular weight is 322 g/mol. The Morgan fingerprint density at radius 2 is 1.53 bits per heavy atom. The van der Waals surface area contributed by atoms with Crippen molar-refractivity contribution in [2.24, 2.45) is 5.73 Å². The van der Waals surface area contributed by atoms with Crippen molar-refractivity contribution in [1.29, 1.82) is 0 Å². The summed E-state index contributed by atoms with van der Waals surface area (Å²) < 4.78 is 14.7. The smallest absolute Gasteiger partial charge is 0.129 e. The van der Waals surface area contributed by atoms with E-state index in [4.69, 9.17) is 5.73 Å². The van der Waals surface area contributed by atoms with Gasteiger partial charge in [0, 0.05) is 4.47 Å². The summed E-state index contributed by atoms with van der Waals surface area (Å²) in [4.78, 5) is 0. The van der Waals surface area contributed by atoms with Gasteiger partial charge in [-0.15, -0.1) is 0 Å². The topological polar surface area (TPSA) is 26.0 Å². The lowest BCUT2D eigenvalue weighted by Crippen LogP contribution is -2.13. The first-order chi connectivity index (χ1) is 8.90. The van der Waals surface area contributed by atoms with Crippen LogP contribution in [-0.4, -0.2) is 0 Å². The Morgan fingerprint density at radius 1 is 0.947 bits per heavy atom. The maximum absolute atomic E-state index is 13.6. The van der Waals surface area contributed by atoms with Gasteiger partial charge in [-0.3, -0.25) is 0 Å². The Balaban J connectivity index is 2.43. The number of hydrogen-bond donors (Lipinski definition) is 1. The van der Waals surface area contributed by atoms with E-state index in [1.807, 2.05) is 37.3 Å². The molecular formula is C16H17BrFN. The SMILES string of the molecule is Cc1ccc(C(N)c2cc(C)c(F)c(C)c2)cc1Br. The second kappa shape index (κ2) is 5.43. The van der Waals surface area contributed by atoms with Crippen LogP contribution in [0.4, 0.5) is 4.39 Å². The number of hydrogen-bond acceptors (Lipinski definition) is 1. The van der Waals surface area contributed by atoms with Crippen molar-refractivity contribution in [3.8, 4) is 0 Å². The normalized spacial score (nSPS) is 12.5. The van der Waals surface area contributed by atoms with Gasteiger partial charge in [0.1, 0.15) is 5.82 Å². The summed E-state index contributed by atoms with van der Waals surface area (Å²) in [5.41, 5.74) is 10.7. The van der Waals surface area contributed by atoms with Crippen LogP contribution in [0.1, 0.15) is 33.9 Å². The van der Waals surface area contributed by atoms with E-state index in [1.165, 1.54) is 5.56 Å². The van der Waals surface area contributed by atoms with Gasteiger partial charge < -0.3 is 5.73 Å². The molecule has 0 aliphatic heterocycles. The number of rotatable bonds is 2. The molecule has 0 radical (unpaired) electrons. The highest BCUT2D eigenvalue weighted by molar-refractivity contribution is 9.10. The molecular weight excluding hydrogens is 305 g/mol. The molecule has 0 amide bonds. The zero-order chi connectivity index (χ0) is 14.2. The standard InChI is InChI=1S/C16H17BrFN/c1-9-4-5-12(8-14(9)17)16(19)13-6-10(2)15(18)11(3)7-13/h4-8,16H,19H2,1-3H3. The molecule has 1 unspecified atom stereocenters. The molecule has 1 nitrogen and oxygen atoms in total. The lowest BCUT2D eigenvalue weighted by atomic mass is 9.95. The van der Waals surface area contributed by atoms with Gasteiger partial charge in [-0.2, -0.15) is 0 Å². The fourth-order valence-electron chi connectivity index (χ4n) is 2.15. The Bertz CT molecular complexity index is 599. The monoisotopic (exact) mass is 321 g/mol. The quantitative estimate of drug-likeness (QED) is 0.862. The van der Waals surface area contributed by atoms with Crippen molar-refractivity contribution >= 4 is 15.9 Å². The third-order valence-electron chi connectivity index (χ3n) is 3.37. The van der Waals surface area contributed by atoms with Gasteiger partial charge in [0.25, 0.3) is 0 Å². The fourth-order valence-corrected chi connectivity index (χ4v) is 2.55. The van der Waals surface area contributed by atoms with Crippen LogP contribution in [0.25, 0.3) is 0 Å². The summed E-state index contributed by atoms with van der Waals surface area (Å²) >= 11 is 3.51. The molecule has 2 rings (SSSR count). The predicted octanol–water partition coefficient (Wildman–Crippen LogP) is 4.56. The highest BCUT2D eigenvalue weighted by Crippen LogP contribution is 2.27. The van der Waals surface area contributed by atoms with Crippen LogP contribution in [-0.2, 0) is 0 Å². The Kier molecular flexibility index (Phi) is 4.07. The largest absolute Gasteiger partial charge is 0.320 e. The fraction of sp³-hybridized carbons (Fsp3) is 0.250. The Morgan fingerprint density at radius 3 is 2.05 bits per heavy atom. The second-order valence-corrected chi connectivity index (χ2v) is 5.81. The van der Waals surface area contributed by atoms with Crippen LogP contribution >= 0.6 is 15.9 Å². The van der Waals surface area contributed by atoms with E-state index in [2.05, 4.69) is 15.9 Å². The van der Waals surface area contributed by atoms with Crippen LogP contribution in [0.3, 0.4) is 0 Å². The van der Waals surface area contributed by atoms with Gasteiger partial charge >= 0.3 is 0 Å². The molecule has 2 aromatic carbocycles. The van der Waals surface area contributed by atoms with Crippen molar-refractivity contribution in [2.75, 3.05) is 0 Å². The summed E-state index contributed by atoms with van der Waals surface area (Å²) in [5.74, 6) is -0.152. The number of nitrogens with two attached hydrogens (primary N) is 1. The van der Waals surface area contributed by atoms with E-state index in [9.17, 15) is 4.39 Å². The van der Waals surface area contributed by atoms with E-state index >= 15 is 0 Å². The minimum absolute atomic E-state index is 0.152. The number of benzene rings is 2. The van der Waals surface area contributed by atoms with Crippen LogP contribution in [0.15, 0.2) is 34.8 Å². The predicted molar refractivity (Wildman–Crippen MR) is 80.8 cm³/mol. The second-order valence-electron chi connectivity index (χ2n) is 4.95. The average Bonchev–Trinajstić information content (AvgIpc) is 2.37. The van der Waals surface area contributed by atoms with Crippen LogP contribution in [0.5, 0.6) is 0 Å². The highest BCUT2D eigenvalue weighted by atomic mass is 79.9. The summed E-state index contributed by atoms with van der Waals surface area (Å²) in [5, 5.41) is 0. The molecule has 0 fully saturated rings. The molecule has 1 atom stereocenters. The van der Waals surface area contributed by atoms with Gasteiger partial charge in [0.15, 0.2) is 0 Å². The Labute approximate surface area is 121 Å². The summed E-state index contributed by atoms with van der Waals surface area (Å²) in [6.45, 7) is 5.57. The maximum atomic E-state index is 13.6. The maximum Gasteiger partial charge on any atom is 0.129 e. The molecule has 3 heteroatoms. The van der Waals surface area contributed by atoms with E-state index < -0.39 is 0 Å². The van der Waals surface area contributed by atoms with Crippen molar-refractivity contribution in [1.82, 2.24) is 0 Å². The first-order valence-corrected chi connectivity index (χ1v) is 6.97. The van der Waals surface area contributed by atoms with E-state index in [0.29, 0.717) is 11.1 Å². The molecule has 0 bridgehead atoms. The van der Waals surface area contributed by atoms with Crippen molar-refractivity contribution in [3.63, 3.8) is 0 Å².